The van der Waals surface area contributed by atoms with E-state index in [-0.39, 0.29) is 12.1 Å². The second-order valence-electron chi connectivity index (χ2n) is 7.09. The van der Waals surface area contributed by atoms with Crippen LogP contribution in [-0.2, 0) is 15.2 Å². The standard InChI is InChI=1S/C23H18ClFN2O3/c1-14-18(24)9-5-10-19(14)26-21(28)13-27-20-11-3-2-8-17(20)23(30,22(27)29)15-6-4-7-16(25)12-15/h2-12,30H,13H2,1H3,(H,26,28). The van der Waals surface area contributed by atoms with Crippen LogP contribution in [0.3, 0.4) is 0 Å². The predicted molar refractivity (Wildman–Crippen MR) is 113 cm³/mol. The molecular weight excluding hydrogens is 407 g/mol. The van der Waals surface area contributed by atoms with Crippen molar-refractivity contribution in [1.82, 2.24) is 0 Å². The first-order chi connectivity index (χ1) is 14.3. The highest BCUT2D eigenvalue weighted by atomic mass is 35.5. The van der Waals surface area contributed by atoms with E-state index in [4.69, 9.17) is 11.6 Å². The largest absolute Gasteiger partial charge is 0.372 e. The fraction of sp³-hybridized carbons (Fsp3) is 0.130. The molecule has 30 heavy (non-hydrogen) atoms. The molecule has 0 aliphatic carbocycles. The average Bonchev–Trinajstić information content (AvgIpc) is 2.94. The minimum absolute atomic E-state index is 0.105. The lowest BCUT2D eigenvalue weighted by molar-refractivity contribution is -0.133. The molecule has 0 bridgehead atoms. The first kappa shape index (κ1) is 20.1. The van der Waals surface area contributed by atoms with Crippen LogP contribution in [0.1, 0.15) is 16.7 Å². The van der Waals surface area contributed by atoms with Crippen molar-refractivity contribution >= 4 is 34.8 Å². The van der Waals surface area contributed by atoms with E-state index in [1.54, 1.807) is 49.4 Å². The molecule has 152 valence electrons. The van der Waals surface area contributed by atoms with E-state index in [9.17, 15) is 19.1 Å². The van der Waals surface area contributed by atoms with Gasteiger partial charge >= 0.3 is 0 Å². The third kappa shape index (κ3) is 3.24. The Morgan fingerprint density at radius 1 is 1.13 bits per heavy atom. The van der Waals surface area contributed by atoms with Crippen LogP contribution in [0.2, 0.25) is 5.02 Å². The van der Waals surface area contributed by atoms with Crippen molar-refractivity contribution in [3.8, 4) is 0 Å². The highest BCUT2D eigenvalue weighted by molar-refractivity contribution is 6.31. The highest BCUT2D eigenvalue weighted by Gasteiger charge is 2.51. The van der Waals surface area contributed by atoms with Crippen molar-refractivity contribution in [2.45, 2.75) is 12.5 Å². The molecule has 1 aliphatic rings. The van der Waals surface area contributed by atoms with E-state index in [0.717, 1.165) is 6.07 Å². The van der Waals surface area contributed by atoms with E-state index in [2.05, 4.69) is 5.32 Å². The zero-order valence-electron chi connectivity index (χ0n) is 16.0. The van der Waals surface area contributed by atoms with E-state index >= 15 is 0 Å². The van der Waals surface area contributed by atoms with Gasteiger partial charge in [-0.2, -0.15) is 0 Å². The Bertz CT molecular complexity index is 1170. The molecule has 0 radical (unpaired) electrons. The third-order valence-electron chi connectivity index (χ3n) is 5.23. The molecule has 2 N–H and O–H groups in total. The molecule has 1 unspecified atom stereocenters. The van der Waals surface area contributed by atoms with Crippen LogP contribution in [0, 0.1) is 12.7 Å². The lowest BCUT2D eigenvalue weighted by atomic mass is 9.87. The Kier molecular flexibility index (Phi) is 5.05. The zero-order chi connectivity index (χ0) is 21.5. The molecule has 7 heteroatoms. The van der Waals surface area contributed by atoms with Gasteiger partial charge in [-0.3, -0.25) is 14.5 Å². The van der Waals surface area contributed by atoms with Crippen LogP contribution in [0.15, 0.2) is 66.7 Å². The van der Waals surface area contributed by atoms with Gasteiger partial charge < -0.3 is 10.4 Å². The Morgan fingerprint density at radius 3 is 2.63 bits per heavy atom. The molecule has 0 fully saturated rings. The predicted octanol–water partition coefficient (Wildman–Crippen LogP) is 4.01. The molecule has 0 aromatic heterocycles. The molecule has 3 aromatic rings. The molecule has 4 rings (SSSR count). The molecule has 5 nitrogen and oxygen atoms in total. The minimum atomic E-state index is -2.08. The van der Waals surface area contributed by atoms with E-state index in [1.165, 1.54) is 23.1 Å². The van der Waals surface area contributed by atoms with Crippen LogP contribution in [-0.4, -0.2) is 23.5 Å². The second-order valence-corrected chi connectivity index (χ2v) is 7.50. The van der Waals surface area contributed by atoms with Crippen molar-refractivity contribution in [3.05, 3.63) is 94.3 Å². The number of carbonyl (C=O) groups is 2. The van der Waals surface area contributed by atoms with Crippen LogP contribution in [0.4, 0.5) is 15.8 Å². The number of nitrogens with one attached hydrogen (secondary N) is 1. The summed E-state index contributed by atoms with van der Waals surface area (Å²) in [5.74, 6) is -1.74. The third-order valence-corrected chi connectivity index (χ3v) is 5.63. The number of hydrogen-bond acceptors (Lipinski definition) is 3. The van der Waals surface area contributed by atoms with Gasteiger partial charge in [0.15, 0.2) is 5.60 Å². The lowest BCUT2D eigenvalue weighted by Crippen LogP contribution is -2.44. The minimum Gasteiger partial charge on any atom is -0.372 e. The second kappa shape index (κ2) is 7.55. The van der Waals surface area contributed by atoms with Gasteiger partial charge in [-0.1, -0.05) is 48.0 Å². The Labute approximate surface area is 177 Å². The van der Waals surface area contributed by atoms with E-state index in [0.29, 0.717) is 27.5 Å². The molecule has 0 saturated heterocycles. The molecule has 3 aromatic carbocycles. The number of fused-ring (bicyclic) bond motifs is 1. The Balaban J connectivity index is 1.67. The SMILES string of the molecule is Cc1c(Cl)cccc1NC(=O)CN1C(=O)C(O)(c2cccc(F)c2)c2ccccc21. The summed E-state index contributed by atoms with van der Waals surface area (Å²) in [7, 11) is 0. The summed E-state index contributed by atoms with van der Waals surface area (Å²) >= 11 is 6.10. The number of hydrogen-bond donors (Lipinski definition) is 2. The molecule has 1 aliphatic heterocycles. The van der Waals surface area contributed by atoms with Gasteiger partial charge in [-0.25, -0.2) is 4.39 Å². The molecule has 1 heterocycles. The summed E-state index contributed by atoms with van der Waals surface area (Å²) in [6.45, 7) is 1.45. The number of carbonyl (C=O) groups excluding carboxylic acids is 2. The van der Waals surface area contributed by atoms with Crippen molar-refractivity contribution in [2.24, 2.45) is 0 Å². The summed E-state index contributed by atoms with van der Waals surface area (Å²) in [6.07, 6.45) is 0. The molecular formula is C23H18ClFN2O3. The molecule has 2 amide bonds. The van der Waals surface area contributed by atoms with Gasteiger partial charge in [0.1, 0.15) is 12.4 Å². The van der Waals surface area contributed by atoms with Crippen LogP contribution >= 0.6 is 11.6 Å². The Morgan fingerprint density at radius 2 is 1.87 bits per heavy atom. The first-order valence-corrected chi connectivity index (χ1v) is 9.65. The van der Waals surface area contributed by atoms with Gasteiger partial charge in [0.25, 0.3) is 5.91 Å². The normalized spacial score (nSPS) is 17.7. The monoisotopic (exact) mass is 424 g/mol. The lowest BCUT2D eigenvalue weighted by Gasteiger charge is -2.23. The zero-order valence-corrected chi connectivity index (χ0v) is 16.8. The van der Waals surface area contributed by atoms with Gasteiger partial charge in [0.2, 0.25) is 5.91 Å². The average molecular weight is 425 g/mol. The maximum atomic E-state index is 13.8. The van der Waals surface area contributed by atoms with Crippen LogP contribution in [0.5, 0.6) is 0 Å². The number of benzene rings is 3. The molecule has 0 saturated carbocycles. The quantitative estimate of drug-likeness (QED) is 0.665. The summed E-state index contributed by atoms with van der Waals surface area (Å²) in [5.41, 5.74) is -0.0387. The number of amides is 2. The summed E-state index contributed by atoms with van der Waals surface area (Å²) in [5, 5.41) is 14.6. The fourth-order valence-corrected chi connectivity index (χ4v) is 3.84. The fourth-order valence-electron chi connectivity index (χ4n) is 3.66. The van der Waals surface area contributed by atoms with E-state index in [1.807, 2.05) is 0 Å². The maximum absolute atomic E-state index is 13.8. The van der Waals surface area contributed by atoms with Crippen LogP contribution in [0.25, 0.3) is 0 Å². The van der Waals surface area contributed by atoms with Gasteiger partial charge in [-0.05, 0) is 42.8 Å². The number of para-hydroxylation sites is 1. The van der Waals surface area contributed by atoms with Gasteiger partial charge in [-0.15, -0.1) is 0 Å². The number of rotatable bonds is 4. The van der Waals surface area contributed by atoms with Gasteiger partial charge in [0, 0.05) is 21.8 Å². The topological polar surface area (TPSA) is 69.6 Å². The number of aliphatic hydroxyl groups is 1. The van der Waals surface area contributed by atoms with Crippen LogP contribution < -0.4 is 10.2 Å². The first-order valence-electron chi connectivity index (χ1n) is 9.27. The van der Waals surface area contributed by atoms with Crippen molar-refractivity contribution in [2.75, 3.05) is 16.8 Å². The Hall–Kier alpha value is -3.22. The summed E-state index contributed by atoms with van der Waals surface area (Å²) in [4.78, 5) is 27.2. The number of nitrogens with zero attached hydrogens (tertiary/aromatic N) is 1. The number of halogens is 2. The smallest absolute Gasteiger partial charge is 0.268 e. The molecule has 0 spiro atoms. The van der Waals surface area contributed by atoms with E-state index < -0.39 is 23.2 Å². The number of anilines is 2. The maximum Gasteiger partial charge on any atom is 0.268 e. The van der Waals surface area contributed by atoms with Crippen molar-refractivity contribution in [3.63, 3.8) is 0 Å². The van der Waals surface area contributed by atoms with Gasteiger partial charge in [0.05, 0.1) is 5.69 Å². The van der Waals surface area contributed by atoms with Crippen molar-refractivity contribution < 1.29 is 19.1 Å². The highest BCUT2D eigenvalue weighted by Crippen LogP contribution is 2.44. The van der Waals surface area contributed by atoms with Crippen molar-refractivity contribution in [1.29, 1.82) is 0 Å². The summed E-state index contributed by atoms with van der Waals surface area (Å²) < 4.78 is 13.8. The molecule has 1 atom stereocenters. The summed E-state index contributed by atoms with van der Waals surface area (Å²) in [6, 6.07) is 17.0.